The minimum atomic E-state index is -0.343. The maximum atomic E-state index is 12.8. The first-order valence-corrected chi connectivity index (χ1v) is 7.50. The molecule has 22 heavy (non-hydrogen) atoms. The number of carbonyl (C=O) groups is 1. The number of nitrogens with zero attached hydrogens (tertiary/aromatic N) is 2. The van der Waals surface area contributed by atoms with E-state index < -0.39 is 0 Å². The predicted octanol–water partition coefficient (Wildman–Crippen LogP) is 3.51. The number of halogens is 1. The van der Waals surface area contributed by atoms with E-state index in [1.807, 2.05) is 17.5 Å². The lowest BCUT2D eigenvalue weighted by Gasteiger charge is -2.03. The van der Waals surface area contributed by atoms with Gasteiger partial charge in [0, 0.05) is 18.5 Å². The van der Waals surface area contributed by atoms with Crippen molar-refractivity contribution >= 4 is 22.9 Å². The summed E-state index contributed by atoms with van der Waals surface area (Å²) in [6.45, 7) is 0. The molecule has 0 unspecified atom stereocenters. The van der Waals surface area contributed by atoms with Crippen LogP contribution in [0.15, 0.2) is 46.3 Å². The Morgan fingerprint density at radius 2 is 2.09 bits per heavy atom. The quantitative estimate of drug-likeness (QED) is 0.782. The van der Waals surface area contributed by atoms with E-state index in [2.05, 4.69) is 15.5 Å². The molecule has 0 bridgehead atoms. The largest absolute Gasteiger partial charge is 0.339 e. The number of amides is 1. The summed E-state index contributed by atoms with van der Waals surface area (Å²) in [4.78, 5) is 17.0. The molecule has 1 aromatic carbocycles. The van der Waals surface area contributed by atoms with Crippen molar-refractivity contribution in [2.24, 2.45) is 0 Å². The van der Waals surface area contributed by atoms with Gasteiger partial charge >= 0.3 is 0 Å². The maximum absolute atomic E-state index is 12.8. The van der Waals surface area contributed by atoms with E-state index in [1.54, 1.807) is 0 Å². The monoisotopic (exact) mass is 317 g/mol. The van der Waals surface area contributed by atoms with Crippen molar-refractivity contribution in [2.75, 3.05) is 5.32 Å². The molecule has 3 rings (SSSR count). The Kier molecular flexibility index (Phi) is 4.24. The fourth-order valence-corrected chi connectivity index (χ4v) is 2.49. The zero-order valence-electron chi connectivity index (χ0n) is 11.5. The minimum Gasteiger partial charge on any atom is -0.339 e. The number of nitrogens with one attached hydrogen (secondary N) is 1. The second kappa shape index (κ2) is 6.48. The first-order chi connectivity index (χ1) is 10.7. The molecule has 0 fully saturated rings. The zero-order valence-corrected chi connectivity index (χ0v) is 12.3. The number of hydrogen-bond donors (Lipinski definition) is 1. The number of thiophene rings is 1. The van der Waals surface area contributed by atoms with Crippen LogP contribution in [0.2, 0.25) is 0 Å². The van der Waals surface area contributed by atoms with Crippen LogP contribution in [0.4, 0.5) is 10.1 Å². The number of aromatic nitrogens is 2. The number of benzene rings is 1. The van der Waals surface area contributed by atoms with E-state index in [9.17, 15) is 9.18 Å². The van der Waals surface area contributed by atoms with Crippen LogP contribution in [-0.4, -0.2) is 16.0 Å². The number of carbonyl (C=O) groups excluding carboxylic acids is 1. The topological polar surface area (TPSA) is 68.0 Å². The molecule has 0 aliphatic rings. The Hall–Kier alpha value is -2.54. The molecule has 3 aromatic rings. The van der Waals surface area contributed by atoms with E-state index in [4.69, 9.17) is 4.52 Å². The van der Waals surface area contributed by atoms with Crippen LogP contribution in [0.1, 0.15) is 12.3 Å². The summed E-state index contributed by atoms with van der Waals surface area (Å²) in [7, 11) is 0. The van der Waals surface area contributed by atoms with Gasteiger partial charge in [-0.25, -0.2) is 4.39 Å². The molecule has 0 saturated heterocycles. The lowest BCUT2D eigenvalue weighted by Crippen LogP contribution is -2.12. The molecule has 2 aromatic heterocycles. The first-order valence-electron chi connectivity index (χ1n) is 6.62. The highest BCUT2D eigenvalue weighted by molar-refractivity contribution is 7.13. The molecule has 5 nitrogen and oxygen atoms in total. The average molecular weight is 317 g/mol. The van der Waals surface area contributed by atoms with Gasteiger partial charge in [-0.05, 0) is 35.7 Å². The van der Waals surface area contributed by atoms with Gasteiger partial charge in [-0.1, -0.05) is 11.2 Å². The highest BCUT2D eigenvalue weighted by Crippen LogP contribution is 2.21. The Labute approximate surface area is 129 Å². The van der Waals surface area contributed by atoms with Gasteiger partial charge in [-0.3, -0.25) is 4.79 Å². The molecular weight excluding hydrogens is 305 g/mol. The Morgan fingerprint density at radius 1 is 1.27 bits per heavy atom. The van der Waals surface area contributed by atoms with E-state index >= 15 is 0 Å². The Bertz CT molecular complexity index is 753. The van der Waals surface area contributed by atoms with Crippen molar-refractivity contribution in [1.29, 1.82) is 0 Å². The Balaban J connectivity index is 1.54. The third-order valence-corrected chi connectivity index (χ3v) is 3.77. The Morgan fingerprint density at radius 3 is 2.82 bits per heavy atom. The van der Waals surface area contributed by atoms with Crippen LogP contribution in [0, 0.1) is 5.82 Å². The third-order valence-electron chi connectivity index (χ3n) is 2.90. The standard InChI is InChI=1S/C15H12FN3O2S/c16-10-3-5-11(6-4-10)17-13(20)7-8-14-18-15(19-21-14)12-2-1-9-22-12/h1-6,9H,7-8H2,(H,17,20). The predicted molar refractivity (Wildman–Crippen MR) is 81.0 cm³/mol. The van der Waals surface area contributed by atoms with E-state index in [0.717, 1.165) is 4.88 Å². The van der Waals surface area contributed by atoms with Gasteiger partial charge in [-0.15, -0.1) is 11.3 Å². The van der Waals surface area contributed by atoms with Crippen molar-refractivity contribution in [3.05, 3.63) is 53.5 Å². The molecule has 0 saturated carbocycles. The summed E-state index contributed by atoms with van der Waals surface area (Å²) in [6.07, 6.45) is 0.564. The summed E-state index contributed by atoms with van der Waals surface area (Å²) < 4.78 is 17.9. The number of hydrogen-bond acceptors (Lipinski definition) is 5. The average Bonchev–Trinajstić information content (AvgIpc) is 3.18. The zero-order chi connectivity index (χ0) is 15.4. The molecule has 7 heteroatoms. The molecule has 0 spiro atoms. The molecule has 1 N–H and O–H groups in total. The molecular formula is C15H12FN3O2S. The summed E-state index contributed by atoms with van der Waals surface area (Å²) in [6, 6.07) is 9.41. The molecule has 0 radical (unpaired) electrons. The van der Waals surface area contributed by atoms with Gasteiger partial charge in [0.25, 0.3) is 0 Å². The number of rotatable bonds is 5. The molecule has 2 heterocycles. The van der Waals surface area contributed by atoms with Crippen molar-refractivity contribution < 1.29 is 13.7 Å². The SMILES string of the molecule is O=C(CCc1nc(-c2cccs2)no1)Nc1ccc(F)cc1. The molecule has 0 aliphatic heterocycles. The normalized spacial score (nSPS) is 10.6. The summed E-state index contributed by atoms with van der Waals surface area (Å²) in [5, 5.41) is 8.49. The second-order valence-electron chi connectivity index (χ2n) is 4.54. The van der Waals surface area contributed by atoms with Crippen LogP contribution < -0.4 is 5.32 Å². The van der Waals surface area contributed by atoms with Crippen LogP contribution in [0.3, 0.4) is 0 Å². The van der Waals surface area contributed by atoms with Gasteiger partial charge in [0.2, 0.25) is 17.6 Å². The van der Waals surface area contributed by atoms with Gasteiger partial charge in [0.15, 0.2) is 0 Å². The minimum absolute atomic E-state index is 0.192. The van der Waals surface area contributed by atoms with Gasteiger partial charge in [0.1, 0.15) is 5.82 Å². The van der Waals surface area contributed by atoms with Crippen molar-refractivity contribution in [3.8, 4) is 10.7 Å². The van der Waals surface area contributed by atoms with Gasteiger partial charge < -0.3 is 9.84 Å². The van der Waals surface area contributed by atoms with Crippen molar-refractivity contribution in [1.82, 2.24) is 10.1 Å². The molecule has 0 atom stereocenters. The lowest BCUT2D eigenvalue weighted by atomic mass is 10.2. The van der Waals surface area contributed by atoms with Crippen LogP contribution >= 0.6 is 11.3 Å². The summed E-state index contributed by atoms with van der Waals surface area (Å²) >= 11 is 1.52. The smallest absolute Gasteiger partial charge is 0.227 e. The highest BCUT2D eigenvalue weighted by atomic mass is 32.1. The van der Waals surface area contributed by atoms with Crippen molar-refractivity contribution in [3.63, 3.8) is 0 Å². The fourth-order valence-electron chi connectivity index (χ4n) is 1.84. The fraction of sp³-hybridized carbons (Fsp3) is 0.133. The van der Waals surface area contributed by atoms with E-state index in [0.29, 0.717) is 23.8 Å². The van der Waals surface area contributed by atoms with Gasteiger partial charge in [-0.2, -0.15) is 4.98 Å². The van der Waals surface area contributed by atoms with Gasteiger partial charge in [0.05, 0.1) is 4.88 Å². The summed E-state index contributed by atoms with van der Waals surface area (Å²) in [5.41, 5.74) is 0.552. The van der Waals surface area contributed by atoms with Crippen molar-refractivity contribution in [2.45, 2.75) is 12.8 Å². The molecule has 112 valence electrons. The number of anilines is 1. The van der Waals surface area contributed by atoms with E-state index in [1.165, 1.54) is 35.6 Å². The summed E-state index contributed by atoms with van der Waals surface area (Å²) in [5.74, 6) is 0.411. The highest BCUT2D eigenvalue weighted by Gasteiger charge is 2.11. The van der Waals surface area contributed by atoms with E-state index in [-0.39, 0.29) is 18.1 Å². The van der Waals surface area contributed by atoms with Crippen LogP contribution in [-0.2, 0) is 11.2 Å². The lowest BCUT2D eigenvalue weighted by molar-refractivity contribution is -0.116. The molecule has 1 amide bonds. The number of aryl methyl sites for hydroxylation is 1. The molecule has 0 aliphatic carbocycles. The maximum Gasteiger partial charge on any atom is 0.227 e. The second-order valence-corrected chi connectivity index (χ2v) is 5.49. The first kappa shape index (κ1) is 14.4. The van der Waals surface area contributed by atoms with Crippen LogP contribution in [0.25, 0.3) is 10.7 Å². The third kappa shape index (κ3) is 3.56. The van der Waals surface area contributed by atoms with Crippen LogP contribution in [0.5, 0.6) is 0 Å².